The first-order valence-corrected chi connectivity index (χ1v) is 6.43. The molecule has 0 saturated carbocycles. The van der Waals surface area contributed by atoms with E-state index in [0.29, 0.717) is 22.3 Å². The van der Waals surface area contributed by atoms with E-state index in [1.165, 1.54) is 10.7 Å². The number of benzene rings is 1. The van der Waals surface area contributed by atoms with Gasteiger partial charge in [0.1, 0.15) is 0 Å². The third-order valence-corrected chi connectivity index (χ3v) is 3.53. The largest absolute Gasteiger partial charge is 0.268 e. The summed E-state index contributed by atoms with van der Waals surface area (Å²) in [5.74, 6) is 0. The molecule has 0 aliphatic heterocycles. The van der Waals surface area contributed by atoms with E-state index in [2.05, 4.69) is 11.7 Å². The van der Waals surface area contributed by atoms with Crippen LogP contribution in [0.4, 0.5) is 0 Å². The molecule has 0 aliphatic rings. The lowest BCUT2D eigenvalue weighted by atomic mass is 10.1. The van der Waals surface area contributed by atoms with Gasteiger partial charge in [0.15, 0.2) is 0 Å². The Morgan fingerprint density at radius 3 is 2.53 bits per heavy atom. The van der Waals surface area contributed by atoms with Crippen LogP contribution in [0.15, 0.2) is 41.7 Å². The average Bonchev–Trinajstić information content (AvgIpc) is 2.38. The first-order chi connectivity index (χ1) is 9.02. The molecule has 1 heterocycles. The Morgan fingerprint density at radius 1 is 1.32 bits per heavy atom. The number of aromatic nitrogens is 2. The summed E-state index contributed by atoms with van der Waals surface area (Å²) in [6, 6.07) is 6.69. The van der Waals surface area contributed by atoms with Gasteiger partial charge in [0, 0.05) is 21.7 Å². The van der Waals surface area contributed by atoms with E-state index in [9.17, 15) is 4.79 Å². The maximum absolute atomic E-state index is 11.6. The summed E-state index contributed by atoms with van der Waals surface area (Å²) < 4.78 is 1.34. The summed E-state index contributed by atoms with van der Waals surface area (Å²) >= 11 is 12.2. The summed E-state index contributed by atoms with van der Waals surface area (Å²) in [6.07, 6.45) is 1.62. The van der Waals surface area contributed by atoms with Crippen molar-refractivity contribution in [2.45, 2.75) is 13.5 Å². The highest BCUT2D eigenvalue weighted by Crippen LogP contribution is 2.29. The second-order valence-electron chi connectivity index (χ2n) is 4.09. The van der Waals surface area contributed by atoms with Gasteiger partial charge in [-0.3, -0.25) is 4.79 Å². The van der Waals surface area contributed by atoms with Gasteiger partial charge in [0.05, 0.1) is 12.2 Å². The molecular formula is C14H12Cl2N2O. The number of hydrogen-bond donors (Lipinski definition) is 0. The van der Waals surface area contributed by atoms with Crippen LogP contribution >= 0.6 is 23.2 Å². The highest BCUT2D eigenvalue weighted by atomic mass is 35.5. The predicted octanol–water partition coefficient (Wildman–Crippen LogP) is 3.71. The summed E-state index contributed by atoms with van der Waals surface area (Å²) in [4.78, 5) is 11.6. The van der Waals surface area contributed by atoms with Crippen LogP contribution in [0, 0.1) is 6.92 Å². The van der Waals surface area contributed by atoms with Crippen LogP contribution in [0.3, 0.4) is 0 Å². The lowest BCUT2D eigenvalue weighted by Crippen LogP contribution is -2.21. The molecule has 0 amide bonds. The maximum atomic E-state index is 11.6. The van der Waals surface area contributed by atoms with Crippen LogP contribution < -0.4 is 5.56 Å². The van der Waals surface area contributed by atoms with Crippen molar-refractivity contribution in [2.24, 2.45) is 0 Å². The Labute approximate surface area is 121 Å². The first kappa shape index (κ1) is 13.8. The van der Waals surface area contributed by atoms with Crippen molar-refractivity contribution in [3.05, 3.63) is 62.9 Å². The Bertz CT molecular complexity index is 669. The molecule has 1 aromatic carbocycles. The molecule has 0 saturated heterocycles. The zero-order valence-corrected chi connectivity index (χ0v) is 11.9. The van der Waals surface area contributed by atoms with Gasteiger partial charge in [-0.1, -0.05) is 29.3 Å². The van der Waals surface area contributed by atoms with Crippen molar-refractivity contribution in [3.8, 4) is 11.3 Å². The highest BCUT2D eigenvalue weighted by molar-refractivity contribution is 6.36. The molecule has 0 fully saturated rings. The third-order valence-electron chi connectivity index (χ3n) is 2.75. The molecule has 0 unspecified atom stereocenters. The maximum Gasteiger partial charge on any atom is 0.267 e. The molecule has 0 N–H and O–H groups in total. The van der Waals surface area contributed by atoms with Gasteiger partial charge >= 0.3 is 0 Å². The number of rotatable bonds is 3. The zero-order chi connectivity index (χ0) is 14.0. The molecular weight excluding hydrogens is 283 g/mol. The standard InChI is InChI=1S/C14H12Cl2N2O/c1-3-6-18-14(19)5-4-13(17-18)10-7-11(15)9(2)12(16)8-10/h3-5,7-8H,1,6H2,2H3. The van der Waals surface area contributed by atoms with Crippen molar-refractivity contribution in [3.63, 3.8) is 0 Å². The molecule has 1 aromatic heterocycles. The van der Waals surface area contributed by atoms with Gasteiger partial charge in [-0.2, -0.15) is 5.10 Å². The predicted molar refractivity (Wildman–Crippen MR) is 78.9 cm³/mol. The average molecular weight is 295 g/mol. The van der Waals surface area contributed by atoms with Crippen LogP contribution in [-0.2, 0) is 6.54 Å². The van der Waals surface area contributed by atoms with E-state index in [1.54, 1.807) is 24.3 Å². The fourth-order valence-corrected chi connectivity index (χ4v) is 2.14. The lowest BCUT2D eigenvalue weighted by Gasteiger charge is -2.08. The van der Waals surface area contributed by atoms with Gasteiger partial charge in [-0.15, -0.1) is 6.58 Å². The van der Waals surface area contributed by atoms with Gasteiger partial charge in [-0.25, -0.2) is 4.68 Å². The van der Waals surface area contributed by atoms with Crippen LogP contribution in [-0.4, -0.2) is 9.78 Å². The van der Waals surface area contributed by atoms with E-state index in [0.717, 1.165) is 11.1 Å². The fraction of sp³-hybridized carbons (Fsp3) is 0.143. The van der Waals surface area contributed by atoms with Crippen LogP contribution in [0.1, 0.15) is 5.56 Å². The van der Waals surface area contributed by atoms with Gasteiger partial charge in [0.2, 0.25) is 0 Å². The zero-order valence-electron chi connectivity index (χ0n) is 10.4. The first-order valence-electron chi connectivity index (χ1n) is 5.68. The van der Waals surface area contributed by atoms with E-state index in [1.807, 2.05) is 6.92 Å². The number of nitrogens with zero attached hydrogens (tertiary/aromatic N) is 2. The van der Waals surface area contributed by atoms with Gasteiger partial charge < -0.3 is 0 Å². The van der Waals surface area contributed by atoms with Gasteiger partial charge in [-0.05, 0) is 30.7 Å². The fourth-order valence-electron chi connectivity index (χ4n) is 1.65. The summed E-state index contributed by atoms with van der Waals surface area (Å²) in [7, 11) is 0. The molecule has 0 radical (unpaired) electrons. The van der Waals surface area contributed by atoms with E-state index >= 15 is 0 Å². The van der Waals surface area contributed by atoms with E-state index in [-0.39, 0.29) is 5.56 Å². The van der Waals surface area contributed by atoms with Crippen molar-refractivity contribution < 1.29 is 0 Å². The Morgan fingerprint density at radius 2 is 1.95 bits per heavy atom. The summed E-state index contributed by atoms with van der Waals surface area (Å²) in [5.41, 5.74) is 2.07. The second-order valence-corrected chi connectivity index (χ2v) is 4.91. The van der Waals surface area contributed by atoms with Crippen LogP contribution in [0.5, 0.6) is 0 Å². The normalized spacial score (nSPS) is 10.5. The minimum atomic E-state index is -0.173. The molecule has 5 heteroatoms. The lowest BCUT2D eigenvalue weighted by molar-refractivity contribution is 0.656. The number of allylic oxidation sites excluding steroid dienone is 1. The Balaban J connectivity index is 2.56. The van der Waals surface area contributed by atoms with E-state index in [4.69, 9.17) is 23.2 Å². The molecule has 2 rings (SSSR count). The van der Waals surface area contributed by atoms with Gasteiger partial charge in [0.25, 0.3) is 5.56 Å². The van der Waals surface area contributed by atoms with Crippen molar-refractivity contribution >= 4 is 23.2 Å². The summed E-state index contributed by atoms with van der Waals surface area (Å²) in [6.45, 7) is 5.81. The SMILES string of the molecule is C=CCn1nc(-c2cc(Cl)c(C)c(Cl)c2)ccc1=O. The third kappa shape index (κ3) is 2.88. The summed E-state index contributed by atoms with van der Waals surface area (Å²) in [5, 5.41) is 5.41. The number of hydrogen-bond acceptors (Lipinski definition) is 2. The molecule has 0 atom stereocenters. The monoisotopic (exact) mass is 294 g/mol. The molecule has 0 aliphatic carbocycles. The molecule has 3 nitrogen and oxygen atoms in total. The minimum absolute atomic E-state index is 0.173. The Kier molecular flexibility index (Phi) is 4.08. The smallest absolute Gasteiger partial charge is 0.267 e. The van der Waals surface area contributed by atoms with Crippen LogP contribution in [0.25, 0.3) is 11.3 Å². The minimum Gasteiger partial charge on any atom is -0.268 e. The van der Waals surface area contributed by atoms with Crippen molar-refractivity contribution in [1.82, 2.24) is 9.78 Å². The quantitative estimate of drug-likeness (QED) is 0.809. The van der Waals surface area contributed by atoms with Crippen molar-refractivity contribution in [1.29, 1.82) is 0 Å². The molecule has 19 heavy (non-hydrogen) atoms. The molecule has 2 aromatic rings. The molecule has 0 bridgehead atoms. The van der Waals surface area contributed by atoms with Crippen molar-refractivity contribution in [2.75, 3.05) is 0 Å². The Hall–Kier alpha value is -1.58. The van der Waals surface area contributed by atoms with E-state index < -0.39 is 0 Å². The number of halogens is 2. The topological polar surface area (TPSA) is 34.9 Å². The second kappa shape index (κ2) is 5.59. The highest BCUT2D eigenvalue weighted by Gasteiger charge is 2.08. The van der Waals surface area contributed by atoms with Crippen LogP contribution in [0.2, 0.25) is 10.0 Å². The molecule has 98 valence electrons. The molecule has 0 spiro atoms.